The van der Waals surface area contributed by atoms with E-state index in [0.29, 0.717) is 13.2 Å². The van der Waals surface area contributed by atoms with Crippen molar-refractivity contribution in [1.29, 1.82) is 0 Å². The third-order valence-electron chi connectivity index (χ3n) is 2.03. The van der Waals surface area contributed by atoms with Gasteiger partial charge < -0.3 is 9.47 Å². The van der Waals surface area contributed by atoms with Crippen LogP contribution in [-0.4, -0.2) is 57.1 Å². The molecule has 4 radical (unpaired) electrons. The minimum Gasteiger partial charge on any atom is -0.444 e. The van der Waals surface area contributed by atoms with E-state index in [1.807, 2.05) is 34.6 Å². The van der Waals surface area contributed by atoms with E-state index < -0.39 is 17.3 Å². The van der Waals surface area contributed by atoms with Crippen molar-refractivity contribution < 1.29 is 18.7 Å². The van der Waals surface area contributed by atoms with Gasteiger partial charge in [-0.05, 0) is 34.6 Å². The summed E-state index contributed by atoms with van der Waals surface area (Å²) >= 11 is 0. The normalized spacial score (nSPS) is 18.3. The molecule has 0 aromatic heterocycles. The molecule has 0 N–H and O–H groups in total. The Hall–Kier alpha value is -0.710. The summed E-state index contributed by atoms with van der Waals surface area (Å²) in [6, 6.07) is 0. The lowest BCUT2D eigenvalue weighted by Gasteiger charge is -2.31. The van der Waals surface area contributed by atoms with E-state index in [4.69, 9.17) is 9.47 Å². The third kappa shape index (κ3) is 6.89. The van der Waals surface area contributed by atoms with Gasteiger partial charge in [0.2, 0.25) is 0 Å². The molecule has 0 unspecified atom stereocenters. The summed E-state index contributed by atoms with van der Waals surface area (Å²) in [4.78, 5) is 13.3. The Kier molecular flexibility index (Phi) is 6.20. The highest BCUT2D eigenvalue weighted by Crippen LogP contribution is 2.24. The van der Waals surface area contributed by atoms with Crippen molar-refractivity contribution in [3.05, 3.63) is 0 Å². The molecule has 0 spiro atoms. The van der Waals surface area contributed by atoms with Crippen LogP contribution in [0.1, 0.15) is 34.6 Å². The van der Waals surface area contributed by atoms with Crippen LogP contribution in [0.4, 0.5) is 9.18 Å². The largest absolute Gasteiger partial charge is 0.444 e. The molecule has 1 rings (SSSR count). The average molecular weight is 255 g/mol. The van der Waals surface area contributed by atoms with E-state index in [1.54, 1.807) is 4.90 Å². The number of carbonyl (C=O) groups excluding carboxylic acids is 1. The second-order valence-electron chi connectivity index (χ2n) is 5.37. The molecule has 0 atom stereocenters. The van der Waals surface area contributed by atoms with Crippen LogP contribution in [0.5, 0.6) is 0 Å². The predicted molar refractivity (Wildman–Crippen MR) is 69.4 cm³/mol. The number of alkyl halides is 1. The lowest BCUT2D eigenvalue weighted by molar-refractivity contribution is -0.0590. The molecule has 1 aliphatic rings. The molecule has 1 saturated heterocycles. The SMILES string of the molecule is CC(C)(C)OC(=O)N1CCOC1(C)C.[B]C([B])F. The van der Waals surface area contributed by atoms with E-state index in [0.717, 1.165) is 0 Å². The Bertz CT molecular complexity index is 277. The summed E-state index contributed by atoms with van der Waals surface area (Å²) in [5.74, 6) is -1.67. The number of carbonyl (C=O) groups is 1. The minimum atomic E-state index is -1.67. The van der Waals surface area contributed by atoms with E-state index >= 15 is 0 Å². The summed E-state index contributed by atoms with van der Waals surface area (Å²) in [5.41, 5.74) is -0.988. The van der Waals surface area contributed by atoms with E-state index in [2.05, 4.69) is 15.7 Å². The third-order valence-corrected chi connectivity index (χ3v) is 2.03. The minimum absolute atomic E-state index is 0.306. The molecular weight excluding hydrogens is 235 g/mol. The van der Waals surface area contributed by atoms with Gasteiger partial charge in [0.1, 0.15) is 27.0 Å². The summed E-state index contributed by atoms with van der Waals surface area (Å²) in [5, 5.41) is 0. The monoisotopic (exact) mass is 255 g/mol. The Balaban J connectivity index is 0.000000631. The van der Waals surface area contributed by atoms with Crippen molar-refractivity contribution in [2.75, 3.05) is 13.2 Å². The van der Waals surface area contributed by atoms with Gasteiger partial charge in [-0.1, -0.05) is 0 Å². The molecular formula is C11H20B2FNO3. The first-order valence-corrected chi connectivity index (χ1v) is 5.75. The average Bonchev–Trinajstić information content (AvgIpc) is 2.40. The van der Waals surface area contributed by atoms with Crippen LogP contribution in [0.3, 0.4) is 0 Å². The Morgan fingerprint density at radius 2 is 1.89 bits per heavy atom. The summed E-state index contributed by atoms with van der Waals surface area (Å²) in [6.07, 6.45) is -0.306. The maximum absolute atomic E-state index is 11.7. The molecule has 100 valence electrons. The fourth-order valence-electron chi connectivity index (χ4n) is 1.36. The summed E-state index contributed by atoms with van der Waals surface area (Å²) < 4.78 is 21.2. The number of nitrogens with zero attached hydrogens (tertiary/aromatic N) is 1. The summed E-state index contributed by atoms with van der Waals surface area (Å²) in [6.45, 7) is 10.5. The maximum atomic E-state index is 11.7. The molecule has 4 nitrogen and oxygen atoms in total. The Labute approximate surface area is 111 Å². The van der Waals surface area contributed by atoms with Crippen molar-refractivity contribution in [3.8, 4) is 0 Å². The van der Waals surface area contributed by atoms with Gasteiger partial charge in [0.15, 0.2) is 0 Å². The number of amides is 1. The van der Waals surface area contributed by atoms with Gasteiger partial charge in [0, 0.05) is 5.97 Å². The van der Waals surface area contributed by atoms with Crippen molar-refractivity contribution in [3.63, 3.8) is 0 Å². The first-order valence-electron chi connectivity index (χ1n) is 5.75. The van der Waals surface area contributed by atoms with Crippen LogP contribution in [0.15, 0.2) is 0 Å². The molecule has 0 bridgehead atoms. The van der Waals surface area contributed by atoms with E-state index in [9.17, 15) is 9.18 Å². The van der Waals surface area contributed by atoms with Crippen molar-refractivity contribution >= 4 is 21.8 Å². The zero-order valence-electron chi connectivity index (χ0n) is 11.7. The quantitative estimate of drug-likeness (QED) is 0.616. The fourth-order valence-corrected chi connectivity index (χ4v) is 1.36. The zero-order chi connectivity index (χ0) is 14.6. The molecule has 1 aliphatic heterocycles. The van der Waals surface area contributed by atoms with Gasteiger partial charge in [0.05, 0.1) is 13.2 Å². The van der Waals surface area contributed by atoms with Gasteiger partial charge in [0.25, 0.3) is 0 Å². The van der Waals surface area contributed by atoms with Crippen LogP contribution in [0.25, 0.3) is 0 Å². The van der Waals surface area contributed by atoms with Gasteiger partial charge in [-0.3, -0.25) is 9.29 Å². The standard InChI is InChI=1S/C10H19NO3.CHB2F/c1-9(2,3)14-8(12)11-6-7-13-10(11,4)5;2-1(3)4/h6-7H2,1-5H3;1H. The second kappa shape index (κ2) is 6.45. The van der Waals surface area contributed by atoms with Crippen LogP contribution in [0.2, 0.25) is 0 Å². The van der Waals surface area contributed by atoms with Crippen LogP contribution >= 0.6 is 0 Å². The molecule has 0 aromatic rings. The van der Waals surface area contributed by atoms with Crippen molar-refractivity contribution in [2.24, 2.45) is 0 Å². The van der Waals surface area contributed by atoms with E-state index in [-0.39, 0.29) is 6.09 Å². The molecule has 1 fully saturated rings. The second-order valence-corrected chi connectivity index (χ2v) is 5.37. The number of halogens is 1. The van der Waals surface area contributed by atoms with Gasteiger partial charge in [-0.15, -0.1) is 0 Å². The lowest BCUT2D eigenvalue weighted by atomic mass is 9.84. The molecule has 0 aliphatic carbocycles. The fraction of sp³-hybridized carbons (Fsp3) is 0.909. The molecule has 0 saturated carbocycles. The number of hydrogen-bond acceptors (Lipinski definition) is 3. The number of ether oxygens (including phenoxy) is 2. The van der Waals surface area contributed by atoms with Gasteiger partial charge in [-0.25, -0.2) is 4.79 Å². The van der Waals surface area contributed by atoms with Gasteiger partial charge >= 0.3 is 6.09 Å². The van der Waals surface area contributed by atoms with Crippen LogP contribution in [0, 0.1) is 0 Å². The van der Waals surface area contributed by atoms with Crippen LogP contribution in [-0.2, 0) is 9.47 Å². The number of rotatable bonds is 0. The predicted octanol–water partition coefficient (Wildman–Crippen LogP) is 1.57. The summed E-state index contributed by atoms with van der Waals surface area (Å²) in [7, 11) is 8.44. The first kappa shape index (κ1) is 17.3. The molecule has 1 heterocycles. The maximum Gasteiger partial charge on any atom is 0.412 e. The Morgan fingerprint density at radius 3 is 2.17 bits per heavy atom. The Morgan fingerprint density at radius 1 is 1.44 bits per heavy atom. The number of hydrogen-bond donors (Lipinski definition) is 0. The highest BCUT2D eigenvalue weighted by atomic mass is 19.1. The molecule has 18 heavy (non-hydrogen) atoms. The van der Waals surface area contributed by atoms with Crippen LogP contribution < -0.4 is 0 Å². The molecule has 7 heteroatoms. The first-order chi connectivity index (χ1) is 7.96. The smallest absolute Gasteiger partial charge is 0.412 e. The highest BCUT2D eigenvalue weighted by molar-refractivity contribution is 6.34. The molecule has 0 aromatic carbocycles. The van der Waals surface area contributed by atoms with E-state index in [1.165, 1.54) is 0 Å². The van der Waals surface area contributed by atoms with Crippen molar-refractivity contribution in [1.82, 2.24) is 4.90 Å². The van der Waals surface area contributed by atoms with Gasteiger partial charge in [-0.2, -0.15) is 0 Å². The topological polar surface area (TPSA) is 38.8 Å². The van der Waals surface area contributed by atoms with Crippen molar-refractivity contribution in [2.45, 2.75) is 51.9 Å². The molecule has 1 amide bonds. The highest BCUT2D eigenvalue weighted by Gasteiger charge is 2.38. The lowest BCUT2D eigenvalue weighted by Crippen LogP contribution is -2.45. The zero-order valence-corrected chi connectivity index (χ0v) is 11.7.